The number of hydrogen-bond acceptors (Lipinski definition) is 19. The number of hydrogen-bond donors (Lipinski definition) is 23. The molecule has 2 aromatic heterocycles. The number of nitrogens with zero attached hydrogens (tertiary/aromatic N) is 1. The van der Waals surface area contributed by atoms with Gasteiger partial charge in [-0.15, -0.1) is 0 Å². The number of aromatic hydroxyl groups is 1. The molecular weight excluding hydrogens is 1470 g/mol. The first kappa shape index (κ1) is 90.0. The zero-order valence-corrected chi connectivity index (χ0v) is 63.2. The number of fused-ring (bicyclic) bond motifs is 1. The molecule has 6 aromatic rings. The van der Waals surface area contributed by atoms with E-state index >= 15 is 9.59 Å². The molecule has 112 heavy (non-hydrogen) atoms. The summed E-state index contributed by atoms with van der Waals surface area (Å²) in [6.07, 6.45) is 4.15. The molecule has 4 aromatic carbocycles. The van der Waals surface area contributed by atoms with E-state index in [0.717, 1.165) is 6.92 Å². The number of aromatic nitrogens is 3. The van der Waals surface area contributed by atoms with Crippen LogP contribution in [0.3, 0.4) is 0 Å². The van der Waals surface area contributed by atoms with Gasteiger partial charge >= 0.3 is 5.97 Å². The fraction of sp³-hybridized carbons (Fsp3) is 0.405. The molecule has 10 atom stereocenters. The van der Waals surface area contributed by atoms with Crippen molar-refractivity contribution in [3.8, 4) is 5.75 Å². The number of primary amides is 1. The highest BCUT2D eigenvalue weighted by Gasteiger charge is 2.37. The molecule has 11 amide bonds. The number of H-pyrrole nitrogens is 2. The van der Waals surface area contributed by atoms with Crippen LogP contribution < -0.4 is 86.7 Å². The van der Waals surface area contributed by atoms with Gasteiger partial charge in [-0.25, -0.2) is 4.98 Å². The van der Waals surface area contributed by atoms with E-state index < -0.39 is 168 Å². The molecule has 0 aliphatic rings. The van der Waals surface area contributed by atoms with Crippen LogP contribution in [0.15, 0.2) is 128 Å². The third kappa shape index (κ3) is 32.3. The maximum atomic E-state index is 15.1. The third-order valence-electron chi connectivity index (χ3n) is 17.1. The van der Waals surface area contributed by atoms with Crippen molar-refractivity contribution >= 4 is 112 Å². The fourth-order valence-electron chi connectivity index (χ4n) is 11.4. The largest absolute Gasteiger partial charge is 0.508 e. The van der Waals surface area contributed by atoms with Crippen LogP contribution in [-0.2, 0) is 94.4 Å². The van der Waals surface area contributed by atoms with Gasteiger partial charge in [0.2, 0.25) is 65.0 Å². The van der Waals surface area contributed by atoms with Gasteiger partial charge in [0.05, 0.1) is 31.0 Å². The number of carbonyl (C=O) groups is 13. The summed E-state index contributed by atoms with van der Waals surface area (Å²) in [4.78, 5) is 188. The number of thioether (sulfide) groups is 1. The lowest BCUT2D eigenvalue weighted by atomic mass is 10.0. The number of phenols is 1. The number of carboxylic acids is 2. The molecule has 0 saturated heterocycles. The average molecular weight is 1570 g/mol. The van der Waals surface area contributed by atoms with Crippen molar-refractivity contribution in [2.75, 3.05) is 31.6 Å². The number of imidazole rings is 1. The zero-order valence-electron chi connectivity index (χ0n) is 62.4. The molecule has 604 valence electrons. The molecule has 27 N–H and O–H groups in total. The monoisotopic (exact) mass is 1570 g/mol. The summed E-state index contributed by atoms with van der Waals surface area (Å²) in [6, 6.07) is 15.6. The maximum absolute atomic E-state index is 15.1. The maximum Gasteiger partial charge on any atom is 0.305 e. The SMILES string of the molecule is CC(=O)O.CSCCC(NC(=O)C(NC(=O)C(N)Cc1ccc(O)cc1)C(C)C)C(=O)NCC(=O)NC(Cc1c[nH]cn1)C(=O)NC(Cc1ccccc1)C(=O)NC(CCCNC(=N)N)C(=O)NC(Cc1c[nH]c2ccccc12)C(=O)NC(CC(=O)O)C(=O)NC(CCCNC(=N)N)C(=O)NC(Cc1ccccc1)C(N)=O. The number of carbonyl (C=O) groups excluding carboxylic acids is 11. The van der Waals surface area contributed by atoms with Crippen molar-refractivity contribution in [3.05, 3.63) is 156 Å². The molecular formula is C74H101N21O16S. The van der Waals surface area contributed by atoms with Crippen LogP contribution in [0.5, 0.6) is 5.75 Å². The van der Waals surface area contributed by atoms with Crippen molar-refractivity contribution in [1.82, 2.24) is 78.8 Å². The summed E-state index contributed by atoms with van der Waals surface area (Å²) >= 11 is 1.38. The normalized spacial score (nSPS) is 13.6. The smallest absolute Gasteiger partial charge is 0.305 e. The van der Waals surface area contributed by atoms with E-state index in [1.54, 1.807) is 123 Å². The minimum Gasteiger partial charge on any atom is -0.508 e. The number of amides is 11. The number of aromatic amines is 2. The number of phenolic OH excluding ortho intramolecular Hbond substituents is 1. The van der Waals surface area contributed by atoms with Crippen molar-refractivity contribution < 1.29 is 77.6 Å². The van der Waals surface area contributed by atoms with Gasteiger partial charge < -0.3 is 112 Å². The summed E-state index contributed by atoms with van der Waals surface area (Å²) in [5, 5.41) is 74.6. The van der Waals surface area contributed by atoms with Gasteiger partial charge in [-0.05, 0) is 96.9 Å². The highest BCUT2D eigenvalue weighted by molar-refractivity contribution is 7.98. The standard InChI is InChI=1S/C72H97N21O14S.C2H4O2/c1-40(2)60(93-62(99)48(73)30-43-22-24-46(94)25-23-43)70(107)88-52(26-29-108-3)63(100)83-38-58(95)85-56(34-45-37-79-39-84-45)68(105)90-54(32-42-16-8-5-9-17-42)66(103)86-51(21-13-28-81-72(77)78)65(102)91-55(33-44-36-82-49-19-11-10-18-47(44)49)67(104)92-57(35-59(96)97)69(106)87-50(20-12-27-80-71(75)76)64(101)89-53(61(74)98)31-41-14-6-4-7-15-41;1-2(3)4/h4-11,14-19,22-25,36-37,39-40,48,50-57,60,82,94H,12-13,20-21,26-35,38,73H2,1-3H3,(H2,74,98)(H,79,84)(H,83,100)(H,85,95)(H,86,103)(H,87,106)(H,88,107)(H,89,101)(H,90,105)(H,91,102)(H,92,104)(H,93,99)(H,96,97)(H4,75,76,80)(H4,77,78,81);1H3,(H,3,4). The number of nitrogens with one attached hydrogen (secondary N) is 16. The second-order valence-electron chi connectivity index (χ2n) is 26.4. The van der Waals surface area contributed by atoms with E-state index in [1.165, 1.54) is 36.4 Å². The van der Waals surface area contributed by atoms with Gasteiger partial charge in [0.15, 0.2) is 11.9 Å². The Morgan fingerprint density at radius 1 is 0.500 bits per heavy atom. The van der Waals surface area contributed by atoms with E-state index in [0.29, 0.717) is 38.9 Å². The van der Waals surface area contributed by atoms with E-state index in [-0.39, 0.29) is 88.7 Å². The van der Waals surface area contributed by atoms with Gasteiger partial charge in [0.25, 0.3) is 5.97 Å². The number of rotatable bonds is 45. The molecule has 37 nitrogen and oxygen atoms in total. The highest BCUT2D eigenvalue weighted by Crippen LogP contribution is 2.21. The van der Waals surface area contributed by atoms with Gasteiger partial charge in [-0.3, -0.25) is 73.1 Å². The number of nitrogens with two attached hydrogens (primary N) is 4. The number of guanidine groups is 2. The van der Waals surface area contributed by atoms with Crippen LogP contribution >= 0.6 is 11.8 Å². The Labute approximate surface area is 649 Å². The second-order valence-corrected chi connectivity index (χ2v) is 27.4. The van der Waals surface area contributed by atoms with Crippen LogP contribution in [0, 0.1) is 16.7 Å². The Hall–Kier alpha value is -12.6. The van der Waals surface area contributed by atoms with Gasteiger partial charge in [0.1, 0.15) is 60.1 Å². The first-order chi connectivity index (χ1) is 53.3. The Bertz CT molecular complexity index is 4150. The molecule has 0 aliphatic carbocycles. The van der Waals surface area contributed by atoms with Crippen molar-refractivity contribution in [2.24, 2.45) is 28.9 Å². The van der Waals surface area contributed by atoms with Gasteiger partial charge in [-0.2, -0.15) is 11.8 Å². The van der Waals surface area contributed by atoms with Crippen molar-refractivity contribution in [1.29, 1.82) is 10.8 Å². The van der Waals surface area contributed by atoms with Gasteiger partial charge in [-0.1, -0.05) is 105 Å². The first-order valence-electron chi connectivity index (χ1n) is 35.8. The van der Waals surface area contributed by atoms with E-state index in [1.807, 2.05) is 0 Å². The highest BCUT2D eigenvalue weighted by atomic mass is 32.2. The van der Waals surface area contributed by atoms with E-state index in [9.17, 15) is 58.2 Å². The number of aliphatic carboxylic acids is 2. The lowest BCUT2D eigenvalue weighted by molar-refractivity contribution is -0.141. The second kappa shape index (κ2) is 46.7. The Balaban J connectivity index is 0.00000547. The molecule has 10 unspecified atom stereocenters. The molecule has 0 bridgehead atoms. The minimum absolute atomic E-state index is 0.00654. The molecule has 0 aliphatic heterocycles. The van der Waals surface area contributed by atoms with Crippen LogP contribution in [0.25, 0.3) is 10.9 Å². The summed E-state index contributed by atoms with van der Waals surface area (Å²) in [6.45, 7) is 3.77. The van der Waals surface area contributed by atoms with Gasteiger partial charge in [0, 0.05) is 69.0 Å². The summed E-state index contributed by atoms with van der Waals surface area (Å²) < 4.78 is 0. The van der Waals surface area contributed by atoms with Crippen LogP contribution in [0.2, 0.25) is 0 Å². The first-order valence-corrected chi connectivity index (χ1v) is 37.2. The van der Waals surface area contributed by atoms with Crippen molar-refractivity contribution in [2.45, 2.75) is 152 Å². The quantitative estimate of drug-likeness (QED) is 0.0111. The fourth-order valence-corrected chi connectivity index (χ4v) is 11.8. The van der Waals surface area contributed by atoms with E-state index in [2.05, 4.69) is 78.8 Å². The Morgan fingerprint density at radius 2 is 0.955 bits per heavy atom. The minimum atomic E-state index is -1.95. The van der Waals surface area contributed by atoms with Crippen molar-refractivity contribution in [3.63, 3.8) is 0 Å². The molecule has 0 fully saturated rings. The van der Waals surface area contributed by atoms with Crippen LogP contribution in [0.4, 0.5) is 0 Å². The average Bonchev–Trinajstić information content (AvgIpc) is 1.64. The topological polar surface area (TPSA) is 623 Å². The molecule has 0 saturated carbocycles. The zero-order chi connectivity index (χ0) is 82.4. The summed E-state index contributed by atoms with van der Waals surface area (Å²) in [5.74, 6) is -13.3. The molecule has 0 spiro atoms. The Morgan fingerprint density at radius 3 is 1.46 bits per heavy atom. The third-order valence-corrected chi connectivity index (χ3v) is 17.7. The molecule has 0 radical (unpaired) electrons. The number of para-hydroxylation sites is 1. The molecule has 6 rings (SSSR count). The predicted molar refractivity (Wildman–Crippen MR) is 416 cm³/mol. The summed E-state index contributed by atoms with van der Waals surface area (Å²) in [7, 11) is 0. The molecule has 2 heterocycles. The lowest BCUT2D eigenvalue weighted by Gasteiger charge is -2.28. The predicted octanol–water partition coefficient (Wildman–Crippen LogP) is -2.10. The number of carboxylic acid groups (broad SMARTS) is 2. The molecule has 38 heteroatoms. The van der Waals surface area contributed by atoms with Crippen LogP contribution in [0.1, 0.15) is 87.2 Å². The number of benzene rings is 4. The Kier molecular flexibility index (Phi) is 37.5. The summed E-state index contributed by atoms with van der Waals surface area (Å²) in [5.41, 5.74) is 26.2. The van der Waals surface area contributed by atoms with Crippen LogP contribution in [-0.4, -0.2) is 211 Å². The van der Waals surface area contributed by atoms with E-state index in [4.69, 9.17) is 43.7 Å². The lowest BCUT2D eigenvalue weighted by Crippen LogP contribution is -2.61.